The number of likely N-dealkylation sites (N-methyl/N-ethyl adjacent to an activating group) is 1. The summed E-state index contributed by atoms with van der Waals surface area (Å²) in [6.07, 6.45) is -2.00. The van der Waals surface area contributed by atoms with Crippen molar-refractivity contribution in [1.82, 2.24) is 20.0 Å². The maximum atomic E-state index is 15.1. The Labute approximate surface area is 202 Å². The quantitative estimate of drug-likeness (QED) is 0.363. The molecule has 2 aliphatic heterocycles. The summed E-state index contributed by atoms with van der Waals surface area (Å²) in [4.78, 5) is 5.86. The zero-order valence-corrected chi connectivity index (χ0v) is 19.3. The standard InChI is InChI=1S/C23H20F5N5OS/c1-31-10-16-7-15(31)11-33(16)23(35)32(14-4-5-17(24)19(26)8-14)9-13-3-2-12(6-18(13)25)21-29-30-22(34-21)20(27)28/h2-6,8,15-16,20H,7,9-11H2,1H3/t15-,16-/m0/s1. The number of hydrogen-bond donors (Lipinski definition) is 0. The van der Waals surface area contributed by atoms with Crippen LogP contribution in [0.4, 0.5) is 27.6 Å². The summed E-state index contributed by atoms with van der Waals surface area (Å²) in [6.45, 7) is 1.45. The monoisotopic (exact) mass is 509 g/mol. The molecule has 0 saturated carbocycles. The van der Waals surface area contributed by atoms with E-state index in [0.29, 0.717) is 17.7 Å². The first-order valence-corrected chi connectivity index (χ1v) is 11.3. The molecule has 2 aromatic carbocycles. The third kappa shape index (κ3) is 4.47. The average molecular weight is 510 g/mol. The second-order valence-electron chi connectivity index (χ2n) is 8.65. The van der Waals surface area contributed by atoms with Crippen molar-refractivity contribution in [3.63, 3.8) is 0 Å². The van der Waals surface area contributed by atoms with Gasteiger partial charge in [0.1, 0.15) is 5.82 Å². The highest BCUT2D eigenvalue weighted by molar-refractivity contribution is 7.80. The fraction of sp³-hybridized carbons (Fsp3) is 0.348. The summed E-state index contributed by atoms with van der Waals surface area (Å²) in [5.41, 5.74) is 0.621. The third-order valence-electron chi connectivity index (χ3n) is 6.46. The Balaban J connectivity index is 1.44. The van der Waals surface area contributed by atoms with Crippen molar-refractivity contribution in [1.29, 1.82) is 0 Å². The number of aromatic nitrogens is 2. The molecule has 2 bridgehead atoms. The van der Waals surface area contributed by atoms with Crippen LogP contribution in [0.3, 0.4) is 0 Å². The first kappa shape index (κ1) is 23.6. The lowest BCUT2D eigenvalue weighted by Gasteiger charge is -2.38. The Morgan fingerprint density at radius 1 is 1.06 bits per heavy atom. The summed E-state index contributed by atoms with van der Waals surface area (Å²) in [5.74, 6) is -3.81. The zero-order valence-electron chi connectivity index (χ0n) is 18.5. The van der Waals surface area contributed by atoms with E-state index >= 15 is 4.39 Å². The number of anilines is 1. The van der Waals surface area contributed by atoms with Crippen molar-refractivity contribution >= 4 is 23.0 Å². The summed E-state index contributed by atoms with van der Waals surface area (Å²) < 4.78 is 73.1. The molecule has 1 aromatic heterocycles. The van der Waals surface area contributed by atoms with Crippen molar-refractivity contribution in [3.05, 3.63) is 65.3 Å². The van der Waals surface area contributed by atoms with Gasteiger partial charge in [-0.2, -0.15) is 8.78 Å². The van der Waals surface area contributed by atoms with E-state index in [1.54, 1.807) is 4.90 Å². The fourth-order valence-electron chi connectivity index (χ4n) is 4.60. The minimum absolute atomic E-state index is 0.0636. The van der Waals surface area contributed by atoms with E-state index in [2.05, 4.69) is 15.1 Å². The van der Waals surface area contributed by atoms with Crippen LogP contribution in [0, 0.1) is 17.5 Å². The van der Waals surface area contributed by atoms with Crippen LogP contribution in [0.1, 0.15) is 24.3 Å². The van der Waals surface area contributed by atoms with Gasteiger partial charge >= 0.3 is 6.43 Å². The summed E-state index contributed by atoms with van der Waals surface area (Å²) in [7, 11) is 2.04. The Morgan fingerprint density at radius 3 is 2.46 bits per heavy atom. The van der Waals surface area contributed by atoms with Gasteiger partial charge in [-0.05, 0) is 50.0 Å². The van der Waals surface area contributed by atoms with Gasteiger partial charge in [-0.1, -0.05) is 6.07 Å². The fourth-order valence-corrected chi connectivity index (χ4v) is 4.99. The van der Waals surface area contributed by atoms with Gasteiger partial charge in [0.2, 0.25) is 5.89 Å². The van der Waals surface area contributed by atoms with Crippen LogP contribution in [-0.2, 0) is 6.54 Å². The number of hydrogen-bond acceptors (Lipinski definition) is 5. The predicted octanol–water partition coefficient (Wildman–Crippen LogP) is 4.77. The number of rotatable bonds is 5. The van der Waals surface area contributed by atoms with Crippen molar-refractivity contribution in [2.45, 2.75) is 31.5 Å². The van der Waals surface area contributed by atoms with Crippen molar-refractivity contribution in [2.24, 2.45) is 0 Å². The average Bonchev–Trinajstić information content (AvgIpc) is 3.55. The zero-order chi connectivity index (χ0) is 24.9. The van der Waals surface area contributed by atoms with E-state index in [-0.39, 0.29) is 35.3 Å². The molecule has 12 heteroatoms. The van der Waals surface area contributed by atoms with E-state index in [9.17, 15) is 17.6 Å². The largest absolute Gasteiger partial charge is 0.415 e. The first-order chi connectivity index (χ1) is 16.7. The normalized spacial score (nSPS) is 19.7. The van der Waals surface area contributed by atoms with Gasteiger partial charge < -0.3 is 14.2 Å². The molecule has 0 amide bonds. The Morgan fingerprint density at radius 2 is 1.86 bits per heavy atom. The third-order valence-corrected chi connectivity index (χ3v) is 6.92. The molecule has 2 fully saturated rings. The maximum Gasteiger partial charge on any atom is 0.314 e. The Bertz CT molecular complexity index is 1270. The molecular weight excluding hydrogens is 489 g/mol. The number of nitrogens with zero attached hydrogens (tertiary/aromatic N) is 5. The lowest BCUT2D eigenvalue weighted by atomic mass is 10.1. The molecule has 2 aliphatic rings. The predicted molar refractivity (Wildman–Crippen MR) is 121 cm³/mol. The molecule has 0 N–H and O–H groups in total. The van der Waals surface area contributed by atoms with Crippen LogP contribution in [-0.4, -0.2) is 57.3 Å². The van der Waals surface area contributed by atoms with Gasteiger partial charge in [0.05, 0.1) is 6.54 Å². The number of alkyl halides is 2. The van der Waals surface area contributed by atoms with Gasteiger partial charge in [0.15, 0.2) is 16.7 Å². The molecule has 2 saturated heterocycles. The molecule has 0 radical (unpaired) electrons. The van der Waals surface area contributed by atoms with Crippen LogP contribution < -0.4 is 4.90 Å². The Hall–Kier alpha value is -3.12. The number of fused-ring (bicyclic) bond motifs is 2. The smallest absolute Gasteiger partial charge is 0.314 e. The van der Waals surface area contributed by atoms with Gasteiger partial charge in [-0.15, -0.1) is 10.2 Å². The van der Waals surface area contributed by atoms with Gasteiger partial charge in [-0.3, -0.25) is 4.90 Å². The summed E-state index contributed by atoms with van der Waals surface area (Å²) in [6, 6.07) is 7.93. The topological polar surface area (TPSA) is 48.6 Å². The van der Waals surface area contributed by atoms with E-state index in [1.807, 2.05) is 11.9 Å². The SMILES string of the molecule is CN1C[C@@H]2C[C@H]1CN2C(=S)N(Cc1ccc(-c2nnc(C(F)F)o2)cc1F)c1ccc(F)c(F)c1. The van der Waals surface area contributed by atoms with Crippen LogP contribution in [0.2, 0.25) is 0 Å². The van der Waals surface area contributed by atoms with Gasteiger partial charge in [-0.25, -0.2) is 13.2 Å². The molecule has 6 nitrogen and oxygen atoms in total. The second-order valence-corrected chi connectivity index (χ2v) is 9.02. The van der Waals surface area contributed by atoms with Gasteiger partial charge in [0, 0.05) is 48.1 Å². The van der Waals surface area contributed by atoms with Crippen molar-refractivity contribution in [2.75, 3.05) is 25.0 Å². The van der Waals surface area contributed by atoms with Crippen LogP contribution in [0.5, 0.6) is 0 Å². The van der Waals surface area contributed by atoms with Crippen molar-refractivity contribution < 1.29 is 26.4 Å². The number of halogens is 5. The first-order valence-electron chi connectivity index (χ1n) is 10.8. The van der Waals surface area contributed by atoms with Crippen LogP contribution in [0.15, 0.2) is 40.8 Å². The summed E-state index contributed by atoms with van der Waals surface area (Å²) >= 11 is 5.76. The Kier molecular flexibility index (Phi) is 6.18. The molecule has 0 aliphatic carbocycles. The molecule has 2 atom stereocenters. The molecule has 184 valence electrons. The highest BCUT2D eigenvalue weighted by Crippen LogP contribution is 2.33. The van der Waals surface area contributed by atoms with Crippen LogP contribution in [0.25, 0.3) is 11.5 Å². The minimum Gasteiger partial charge on any atom is -0.415 e. The van der Waals surface area contributed by atoms with E-state index in [0.717, 1.165) is 31.2 Å². The molecule has 3 heterocycles. The number of benzene rings is 2. The van der Waals surface area contributed by atoms with E-state index in [4.69, 9.17) is 16.6 Å². The number of piperazine rings is 1. The van der Waals surface area contributed by atoms with Crippen LogP contribution >= 0.6 is 12.2 Å². The summed E-state index contributed by atoms with van der Waals surface area (Å²) in [5, 5.41) is 7.17. The highest BCUT2D eigenvalue weighted by atomic mass is 32.1. The maximum absolute atomic E-state index is 15.1. The molecule has 0 unspecified atom stereocenters. The lowest BCUT2D eigenvalue weighted by Crippen LogP contribution is -2.52. The molecule has 0 spiro atoms. The lowest BCUT2D eigenvalue weighted by molar-refractivity contribution is 0.116. The number of thiocarbonyl (C=S) groups is 1. The van der Waals surface area contributed by atoms with E-state index < -0.39 is 29.8 Å². The number of likely N-dealkylation sites (tertiary alicyclic amines) is 2. The van der Waals surface area contributed by atoms with E-state index in [1.165, 1.54) is 18.2 Å². The molecule has 3 aromatic rings. The molecular formula is C23H20F5N5OS. The van der Waals surface area contributed by atoms with Crippen molar-refractivity contribution in [3.8, 4) is 11.5 Å². The second kappa shape index (κ2) is 9.15. The van der Waals surface area contributed by atoms with Gasteiger partial charge in [0.25, 0.3) is 5.89 Å². The molecule has 35 heavy (non-hydrogen) atoms. The molecule has 5 rings (SSSR count). The highest BCUT2D eigenvalue weighted by Gasteiger charge is 2.43. The minimum atomic E-state index is -2.94.